The smallest absolute Gasteiger partial charge is 0.00171 e. The van der Waals surface area contributed by atoms with Crippen LogP contribution in [0.2, 0.25) is 0 Å². The Bertz CT molecular complexity index is 277. The van der Waals surface area contributed by atoms with Gasteiger partial charge in [0.1, 0.15) is 0 Å². The molecule has 0 amide bonds. The van der Waals surface area contributed by atoms with Crippen molar-refractivity contribution in [2.45, 2.75) is 45.4 Å². The minimum Gasteiger partial charge on any atom is -0.319 e. The lowest BCUT2D eigenvalue weighted by Crippen LogP contribution is -2.18. The third kappa shape index (κ3) is 4.91. The summed E-state index contributed by atoms with van der Waals surface area (Å²) in [5.74, 6) is 1.57. The first-order valence-electron chi connectivity index (χ1n) is 7.01. The van der Waals surface area contributed by atoms with Crippen LogP contribution in [-0.4, -0.2) is 13.6 Å². The molecule has 0 saturated carbocycles. The van der Waals surface area contributed by atoms with Crippen molar-refractivity contribution in [3.05, 3.63) is 35.9 Å². The molecule has 1 aromatic rings. The van der Waals surface area contributed by atoms with Crippen LogP contribution in [-0.2, 0) is 0 Å². The number of hydrogen-bond acceptors (Lipinski definition) is 1. The van der Waals surface area contributed by atoms with Gasteiger partial charge >= 0.3 is 0 Å². The summed E-state index contributed by atoms with van der Waals surface area (Å²) >= 11 is 0. The molecule has 1 rings (SSSR count). The van der Waals surface area contributed by atoms with E-state index in [9.17, 15) is 0 Å². The zero-order valence-corrected chi connectivity index (χ0v) is 11.6. The van der Waals surface area contributed by atoms with E-state index in [2.05, 4.69) is 49.5 Å². The lowest BCUT2D eigenvalue weighted by Gasteiger charge is -2.20. The molecule has 1 nitrogen and oxygen atoms in total. The average Bonchev–Trinajstić information content (AvgIpc) is 2.39. The molecular weight excluding hydrogens is 206 g/mol. The maximum absolute atomic E-state index is 3.33. The highest BCUT2D eigenvalue weighted by Crippen LogP contribution is 2.25. The topological polar surface area (TPSA) is 12.0 Å². The molecule has 0 spiro atoms. The molecule has 0 fully saturated rings. The van der Waals surface area contributed by atoms with Crippen LogP contribution < -0.4 is 5.32 Å². The summed E-state index contributed by atoms with van der Waals surface area (Å²) in [6.45, 7) is 5.71. The van der Waals surface area contributed by atoms with Crippen LogP contribution in [0.15, 0.2) is 30.3 Å². The van der Waals surface area contributed by atoms with E-state index in [0.29, 0.717) is 5.92 Å². The summed E-state index contributed by atoms with van der Waals surface area (Å²) in [5, 5.41) is 3.33. The molecule has 96 valence electrons. The fraction of sp³-hybridized carbons (Fsp3) is 0.625. The van der Waals surface area contributed by atoms with Gasteiger partial charge in [-0.25, -0.2) is 0 Å². The first-order valence-corrected chi connectivity index (χ1v) is 7.01. The van der Waals surface area contributed by atoms with Crippen molar-refractivity contribution in [1.82, 2.24) is 5.32 Å². The van der Waals surface area contributed by atoms with E-state index >= 15 is 0 Å². The predicted molar refractivity (Wildman–Crippen MR) is 76.4 cm³/mol. The largest absolute Gasteiger partial charge is 0.319 e. The van der Waals surface area contributed by atoms with Crippen LogP contribution >= 0.6 is 0 Å². The summed E-state index contributed by atoms with van der Waals surface area (Å²) < 4.78 is 0. The minimum atomic E-state index is 0.668. The Morgan fingerprint density at radius 2 is 1.65 bits per heavy atom. The number of rotatable bonds is 8. The molecule has 0 radical (unpaired) electrons. The van der Waals surface area contributed by atoms with Gasteiger partial charge in [-0.05, 0) is 37.3 Å². The standard InChI is InChI=1S/C16H27N/c1-4-14(5-2)11-12-16(13-17-3)15-9-7-6-8-10-15/h6-10,14,16-17H,4-5,11-13H2,1-3H3. The second-order valence-corrected chi connectivity index (χ2v) is 4.93. The fourth-order valence-corrected chi connectivity index (χ4v) is 2.49. The summed E-state index contributed by atoms with van der Waals surface area (Å²) in [7, 11) is 2.05. The van der Waals surface area contributed by atoms with E-state index < -0.39 is 0 Å². The molecule has 0 aromatic heterocycles. The van der Waals surface area contributed by atoms with Crippen LogP contribution in [0.25, 0.3) is 0 Å². The zero-order valence-electron chi connectivity index (χ0n) is 11.6. The molecule has 1 aromatic carbocycles. The molecule has 1 heteroatoms. The summed E-state index contributed by atoms with van der Waals surface area (Å²) in [5.41, 5.74) is 1.48. The van der Waals surface area contributed by atoms with Crippen molar-refractivity contribution in [3.8, 4) is 0 Å². The first kappa shape index (κ1) is 14.2. The van der Waals surface area contributed by atoms with Gasteiger partial charge in [0.15, 0.2) is 0 Å². The van der Waals surface area contributed by atoms with Gasteiger partial charge in [-0.3, -0.25) is 0 Å². The molecular formula is C16H27N. The maximum atomic E-state index is 3.33. The van der Waals surface area contributed by atoms with Crippen LogP contribution in [0, 0.1) is 5.92 Å². The number of benzene rings is 1. The van der Waals surface area contributed by atoms with Crippen molar-refractivity contribution in [3.63, 3.8) is 0 Å². The summed E-state index contributed by atoms with van der Waals surface area (Å²) in [6, 6.07) is 10.9. The van der Waals surface area contributed by atoms with Crippen LogP contribution in [0.5, 0.6) is 0 Å². The van der Waals surface area contributed by atoms with Gasteiger partial charge < -0.3 is 5.32 Å². The van der Waals surface area contributed by atoms with Gasteiger partial charge in [0, 0.05) is 6.54 Å². The molecule has 1 N–H and O–H groups in total. The van der Waals surface area contributed by atoms with E-state index in [4.69, 9.17) is 0 Å². The van der Waals surface area contributed by atoms with Gasteiger partial charge in [0.2, 0.25) is 0 Å². The van der Waals surface area contributed by atoms with Gasteiger partial charge in [-0.15, -0.1) is 0 Å². The second-order valence-electron chi connectivity index (χ2n) is 4.93. The molecule has 0 aliphatic heterocycles. The van der Waals surface area contributed by atoms with Crippen LogP contribution in [0.4, 0.5) is 0 Å². The fourth-order valence-electron chi connectivity index (χ4n) is 2.49. The molecule has 1 atom stereocenters. The molecule has 1 unspecified atom stereocenters. The monoisotopic (exact) mass is 233 g/mol. The number of likely N-dealkylation sites (N-methyl/N-ethyl adjacent to an activating group) is 1. The highest BCUT2D eigenvalue weighted by atomic mass is 14.8. The zero-order chi connectivity index (χ0) is 12.5. The lowest BCUT2D eigenvalue weighted by molar-refractivity contribution is 0.412. The molecule has 0 saturated heterocycles. The lowest BCUT2D eigenvalue weighted by atomic mass is 9.88. The third-order valence-corrected chi connectivity index (χ3v) is 3.80. The Morgan fingerprint density at radius 3 is 2.18 bits per heavy atom. The molecule has 17 heavy (non-hydrogen) atoms. The van der Waals surface area contributed by atoms with Gasteiger partial charge in [0.25, 0.3) is 0 Å². The second kappa shape index (κ2) is 8.30. The minimum absolute atomic E-state index is 0.668. The Morgan fingerprint density at radius 1 is 1.00 bits per heavy atom. The maximum Gasteiger partial charge on any atom is 0.00171 e. The summed E-state index contributed by atoms with van der Waals surface area (Å²) in [4.78, 5) is 0. The molecule has 0 heterocycles. The normalized spacial score (nSPS) is 12.9. The van der Waals surface area contributed by atoms with Gasteiger partial charge in [0.05, 0.1) is 0 Å². The predicted octanol–water partition coefficient (Wildman–Crippen LogP) is 4.21. The number of nitrogens with one attached hydrogen (secondary N) is 1. The van der Waals surface area contributed by atoms with E-state index in [1.54, 1.807) is 0 Å². The van der Waals surface area contributed by atoms with Crippen LogP contribution in [0.3, 0.4) is 0 Å². The average molecular weight is 233 g/mol. The Kier molecular flexibility index (Phi) is 6.95. The van der Waals surface area contributed by atoms with Crippen molar-refractivity contribution in [2.75, 3.05) is 13.6 Å². The van der Waals surface area contributed by atoms with Crippen molar-refractivity contribution in [2.24, 2.45) is 5.92 Å². The van der Waals surface area contributed by atoms with E-state index in [1.165, 1.54) is 31.2 Å². The van der Waals surface area contributed by atoms with Crippen molar-refractivity contribution >= 4 is 0 Å². The van der Waals surface area contributed by atoms with Gasteiger partial charge in [-0.1, -0.05) is 57.0 Å². The molecule has 0 aliphatic rings. The van der Waals surface area contributed by atoms with Crippen molar-refractivity contribution in [1.29, 1.82) is 0 Å². The Hall–Kier alpha value is -0.820. The Balaban J connectivity index is 2.55. The number of hydrogen-bond donors (Lipinski definition) is 1. The van der Waals surface area contributed by atoms with Crippen LogP contribution in [0.1, 0.15) is 51.0 Å². The van der Waals surface area contributed by atoms with E-state index in [-0.39, 0.29) is 0 Å². The molecule has 0 bridgehead atoms. The highest BCUT2D eigenvalue weighted by molar-refractivity contribution is 5.19. The SMILES string of the molecule is CCC(CC)CCC(CNC)c1ccccc1. The highest BCUT2D eigenvalue weighted by Gasteiger charge is 2.12. The third-order valence-electron chi connectivity index (χ3n) is 3.80. The van der Waals surface area contributed by atoms with Gasteiger partial charge in [-0.2, -0.15) is 0 Å². The summed E-state index contributed by atoms with van der Waals surface area (Å²) in [6.07, 6.45) is 5.29. The van der Waals surface area contributed by atoms with E-state index in [0.717, 1.165) is 12.5 Å². The first-order chi connectivity index (χ1) is 8.31. The molecule has 0 aliphatic carbocycles. The van der Waals surface area contributed by atoms with Crippen molar-refractivity contribution < 1.29 is 0 Å². The Labute approximate surface area is 107 Å². The van der Waals surface area contributed by atoms with E-state index in [1.807, 2.05) is 7.05 Å². The quantitative estimate of drug-likeness (QED) is 0.709.